The van der Waals surface area contributed by atoms with Gasteiger partial charge in [-0.25, -0.2) is 0 Å². The third kappa shape index (κ3) is 10.3. The SMILES string of the molecule is CC(=O)N[C@@H](CCCN=C(N)N)C(=O)N(C(=O)COCCOCCN)[C@H](C)C(=O)N1CCC[C@H]1C=O. The molecule has 0 aliphatic carbocycles. The maximum Gasteiger partial charge on any atom is 0.255 e. The molecule has 204 valence electrons. The number of carbonyl (C=O) groups excluding carboxylic acids is 5. The van der Waals surface area contributed by atoms with E-state index in [2.05, 4.69) is 10.3 Å². The summed E-state index contributed by atoms with van der Waals surface area (Å²) in [6, 6.07) is -2.95. The predicted molar refractivity (Wildman–Crippen MR) is 130 cm³/mol. The van der Waals surface area contributed by atoms with E-state index in [0.29, 0.717) is 45.2 Å². The first-order valence-corrected chi connectivity index (χ1v) is 11.9. The number of carbonyl (C=O) groups is 5. The summed E-state index contributed by atoms with van der Waals surface area (Å²) in [5, 5.41) is 2.53. The lowest BCUT2D eigenvalue weighted by Crippen LogP contribution is -2.58. The molecule has 14 nitrogen and oxygen atoms in total. The molecule has 0 aromatic heterocycles. The van der Waals surface area contributed by atoms with E-state index in [1.165, 1.54) is 18.7 Å². The zero-order valence-corrected chi connectivity index (χ0v) is 21.0. The Morgan fingerprint density at radius 3 is 2.50 bits per heavy atom. The number of amides is 4. The fourth-order valence-electron chi connectivity index (χ4n) is 3.79. The first kappa shape index (κ1) is 30.9. The maximum atomic E-state index is 13.5. The molecule has 1 rings (SSSR count). The van der Waals surface area contributed by atoms with Gasteiger partial charge in [-0.3, -0.25) is 29.1 Å². The van der Waals surface area contributed by atoms with Crippen LogP contribution >= 0.6 is 0 Å². The number of ether oxygens (including phenoxy) is 2. The Hall–Kier alpha value is -3.10. The molecule has 14 heteroatoms. The van der Waals surface area contributed by atoms with Crippen molar-refractivity contribution in [2.45, 2.75) is 57.7 Å². The minimum atomic E-state index is -1.23. The highest BCUT2D eigenvalue weighted by atomic mass is 16.5. The van der Waals surface area contributed by atoms with Crippen LogP contribution in [0.3, 0.4) is 0 Å². The number of hydrogen-bond donors (Lipinski definition) is 4. The quantitative estimate of drug-likeness (QED) is 0.0735. The second-order valence-electron chi connectivity index (χ2n) is 8.31. The number of aldehydes is 1. The van der Waals surface area contributed by atoms with Crippen LogP contribution in [0, 0.1) is 0 Å². The summed E-state index contributed by atoms with van der Waals surface area (Å²) in [4.78, 5) is 69.0. The van der Waals surface area contributed by atoms with Gasteiger partial charge in [-0.15, -0.1) is 0 Å². The number of hydrogen-bond acceptors (Lipinski definition) is 9. The number of aliphatic imine (C=N–C) groups is 1. The van der Waals surface area contributed by atoms with Crippen LogP contribution in [0.1, 0.15) is 39.5 Å². The van der Waals surface area contributed by atoms with Crippen LogP contribution in [-0.2, 0) is 33.4 Å². The van der Waals surface area contributed by atoms with Crippen molar-refractivity contribution in [3.05, 3.63) is 0 Å². The van der Waals surface area contributed by atoms with E-state index in [1.807, 2.05) is 0 Å². The van der Waals surface area contributed by atoms with Crippen molar-refractivity contribution in [1.29, 1.82) is 0 Å². The molecule has 0 aromatic rings. The summed E-state index contributed by atoms with van der Waals surface area (Å²) in [5.41, 5.74) is 16.0. The molecule has 0 bridgehead atoms. The Morgan fingerprint density at radius 1 is 1.19 bits per heavy atom. The van der Waals surface area contributed by atoms with Crippen molar-refractivity contribution in [2.24, 2.45) is 22.2 Å². The molecular weight excluding hydrogens is 474 g/mol. The number of guanidine groups is 1. The molecule has 4 amide bonds. The van der Waals surface area contributed by atoms with Gasteiger partial charge in [0.15, 0.2) is 5.96 Å². The largest absolute Gasteiger partial charge is 0.378 e. The highest BCUT2D eigenvalue weighted by molar-refractivity contribution is 6.03. The van der Waals surface area contributed by atoms with Crippen molar-refractivity contribution < 1.29 is 33.4 Å². The Balaban J connectivity index is 3.07. The topological polar surface area (TPSA) is 213 Å². The lowest BCUT2D eigenvalue weighted by molar-refractivity contribution is -0.158. The minimum absolute atomic E-state index is 0.0725. The zero-order chi connectivity index (χ0) is 27.1. The summed E-state index contributed by atoms with van der Waals surface area (Å²) in [5.74, 6) is -2.68. The molecule has 0 saturated carbocycles. The van der Waals surface area contributed by atoms with Gasteiger partial charge >= 0.3 is 0 Å². The summed E-state index contributed by atoms with van der Waals surface area (Å²) in [7, 11) is 0. The van der Waals surface area contributed by atoms with Crippen LogP contribution in [-0.4, -0.2) is 110 Å². The Kier molecular flexibility index (Phi) is 14.2. The molecule has 0 spiro atoms. The van der Waals surface area contributed by atoms with E-state index < -0.39 is 48.4 Å². The fourth-order valence-corrected chi connectivity index (χ4v) is 3.79. The Labute approximate surface area is 210 Å². The van der Waals surface area contributed by atoms with Gasteiger partial charge in [0.05, 0.1) is 25.9 Å². The van der Waals surface area contributed by atoms with Crippen LogP contribution in [0.15, 0.2) is 4.99 Å². The number of nitrogens with zero attached hydrogens (tertiary/aromatic N) is 3. The number of nitrogens with two attached hydrogens (primary N) is 3. The second-order valence-corrected chi connectivity index (χ2v) is 8.31. The van der Waals surface area contributed by atoms with Gasteiger partial charge in [-0.05, 0) is 32.6 Å². The summed E-state index contributed by atoms with van der Waals surface area (Å²) in [6.07, 6.45) is 2.27. The third-order valence-corrected chi connectivity index (χ3v) is 5.47. The van der Waals surface area contributed by atoms with Crippen LogP contribution in [0.2, 0.25) is 0 Å². The predicted octanol–water partition coefficient (Wildman–Crippen LogP) is -2.53. The van der Waals surface area contributed by atoms with Gasteiger partial charge in [-0.2, -0.15) is 0 Å². The molecule has 1 aliphatic rings. The summed E-state index contributed by atoms with van der Waals surface area (Å²) >= 11 is 0. The van der Waals surface area contributed by atoms with Gasteiger partial charge in [0, 0.05) is 26.6 Å². The molecule has 36 heavy (non-hydrogen) atoms. The first-order valence-electron chi connectivity index (χ1n) is 11.9. The van der Waals surface area contributed by atoms with Crippen LogP contribution in [0.25, 0.3) is 0 Å². The van der Waals surface area contributed by atoms with Crippen molar-refractivity contribution in [3.63, 3.8) is 0 Å². The molecule has 0 aromatic carbocycles. The number of likely N-dealkylation sites (tertiary alicyclic amines) is 1. The smallest absolute Gasteiger partial charge is 0.255 e. The Bertz CT molecular complexity index is 789. The first-order chi connectivity index (χ1) is 17.1. The standard InChI is InChI=1S/C22H39N7O7/c1-15(20(33)28-9-4-5-17(28)13-30)29(19(32)14-36-12-11-35-10-7-23)21(34)18(27-16(2)31)6-3-8-26-22(24)25/h13,15,17-18H,3-12,14,23H2,1-2H3,(H,27,31)(H4,24,25,26)/t15-,17+,18+/m1/s1. The molecule has 1 fully saturated rings. The average molecular weight is 514 g/mol. The summed E-state index contributed by atoms with van der Waals surface area (Å²) < 4.78 is 10.5. The van der Waals surface area contributed by atoms with Crippen LogP contribution < -0.4 is 22.5 Å². The minimum Gasteiger partial charge on any atom is -0.378 e. The second kappa shape index (κ2) is 16.5. The molecule has 1 aliphatic heterocycles. The normalized spacial score (nSPS) is 16.6. The van der Waals surface area contributed by atoms with Gasteiger partial charge in [0.1, 0.15) is 25.0 Å². The molecule has 7 N–H and O–H groups in total. The van der Waals surface area contributed by atoms with Crippen LogP contribution in [0.5, 0.6) is 0 Å². The lowest BCUT2D eigenvalue weighted by atomic mass is 10.1. The van der Waals surface area contributed by atoms with E-state index in [9.17, 15) is 24.0 Å². The van der Waals surface area contributed by atoms with E-state index in [4.69, 9.17) is 26.7 Å². The number of imide groups is 1. The molecule has 3 atom stereocenters. The van der Waals surface area contributed by atoms with E-state index in [-0.39, 0.29) is 32.1 Å². The molecule has 1 saturated heterocycles. The summed E-state index contributed by atoms with van der Waals surface area (Å²) in [6.45, 7) is 3.64. The van der Waals surface area contributed by atoms with E-state index >= 15 is 0 Å². The van der Waals surface area contributed by atoms with Gasteiger partial charge in [-0.1, -0.05) is 0 Å². The van der Waals surface area contributed by atoms with Gasteiger partial charge in [0.25, 0.3) is 11.8 Å². The third-order valence-electron chi connectivity index (χ3n) is 5.47. The average Bonchev–Trinajstić information content (AvgIpc) is 3.31. The number of nitrogens with one attached hydrogen (secondary N) is 1. The molecule has 0 radical (unpaired) electrons. The van der Waals surface area contributed by atoms with Crippen molar-refractivity contribution in [2.75, 3.05) is 46.1 Å². The van der Waals surface area contributed by atoms with Crippen LogP contribution in [0.4, 0.5) is 0 Å². The molecule has 1 heterocycles. The lowest BCUT2D eigenvalue weighted by Gasteiger charge is -2.33. The van der Waals surface area contributed by atoms with E-state index in [0.717, 1.165) is 4.90 Å². The maximum absolute atomic E-state index is 13.5. The highest BCUT2D eigenvalue weighted by Crippen LogP contribution is 2.19. The van der Waals surface area contributed by atoms with Gasteiger partial charge < -0.3 is 41.7 Å². The van der Waals surface area contributed by atoms with Crippen molar-refractivity contribution in [3.8, 4) is 0 Å². The molecule has 0 unspecified atom stereocenters. The molecular formula is C22H39N7O7. The monoisotopic (exact) mass is 513 g/mol. The highest BCUT2D eigenvalue weighted by Gasteiger charge is 2.40. The Morgan fingerprint density at radius 2 is 1.89 bits per heavy atom. The van der Waals surface area contributed by atoms with Crippen molar-refractivity contribution in [1.82, 2.24) is 15.1 Å². The number of rotatable bonds is 16. The van der Waals surface area contributed by atoms with Crippen molar-refractivity contribution >= 4 is 35.9 Å². The fraction of sp³-hybridized carbons (Fsp3) is 0.727. The zero-order valence-electron chi connectivity index (χ0n) is 21.0. The van der Waals surface area contributed by atoms with E-state index in [1.54, 1.807) is 0 Å². The van der Waals surface area contributed by atoms with Gasteiger partial charge in [0.2, 0.25) is 11.8 Å².